The summed E-state index contributed by atoms with van der Waals surface area (Å²) < 4.78 is 22.1. The second-order valence-corrected chi connectivity index (χ2v) is 8.33. The van der Waals surface area contributed by atoms with Crippen molar-refractivity contribution in [3.05, 3.63) is 125 Å². The number of nitrogens with two attached hydrogens (primary N) is 1. The number of furan rings is 1. The number of benzene rings is 3. The molecule has 0 spiro atoms. The molecule has 1 aliphatic rings. The monoisotopic (exact) mass is 478 g/mol. The average molecular weight is 479 g/mol. The number of carbonyl (C=O) groups is 1. The summed E-state index contributed by atoms with van der Waals surface area (Å²) in [6, 6.07) is 26.0. The molecule has 178 valence electrons. The first-order valence-corrected chi connectivity index (χ1v) is 11.3. The number of hydrogen-bond acceptors (Lipinski definition) is 7. The van der Waals surface area contributed by atoms with Crippen molar-refractivity contribution in [1.82, 2.24) is 0 Å². The van der Waals surface area contributed by atoms with Crippen LogP contribution in [0.5, 0.6) is 17.2 Å². The van der Waals surface area contributed by atoms with Gasteiger partial charge in [0.25, 0.3) is 0 Å². The molecule has 7 nitrogen and oxygen atoms in total. The molecule has 1 unspecified atom stereocenters. The number of hydrogen-bond donors (Lipinski definition) is 1. The molecule has 0 bridgehead atoms. The Morgan fingerprint density at radius 1 is 1.03 bits per heavy atom. The lowest BCUT2D eigenvalue weighted by Gasteiger charge is -2.26. The highest BCUT2D eigenvalue weighted by Crippen LogP contribution is 2.43. The Morgan fingerprint density at radius 2 is 1.78 bits per heavy atom. The summed E-state index contributed by atoms with van der Waals surface area (Å²) in [6.07, 6.45) is 1.39. The molecule has 1 atom stereocenters. The van der Waals surface area contributed by atoms with Gasteiger partial charge in [0.2, 0.25) is 11.6 Å². The van der Waals surface area contributed by atoms with E-state index in [1.54, 1.807) is 24.3 Å². The largest absolute Gasteiger partial charge is 0.489 e. The second kappa shape index (κ2) is 9.72. The van der Waals surface area contributed by atoms with Gasteiger partial charge in [-0.15, -0.1) is 0 Å². The minimum Gasteiger partial charge on any atom is -0.489 e. The van der Waals surface area contributed by atoms with Crippen LogP contribution in [0.1, 0.15) is 38.7 Å². The Morgan fingerprint density at radius 3 is 2.47 bits per heavy atom. The van der Waals surface area contributed by atoms with E-state index < -0.39 is 11.9 Å². The first kappa shape index (κ1) is 22.8. The highest BCUT2D eigenvalue weighted by atomic mass is 16.5. The van der Waals surface area contributed by atoms with Crippen LogP contribution in [-0.4, -0.2) is 5.97 Å². The number of esters is 1. The van der Waals surface area contributed by atoms with Crippen LogP contribution in [0, 0.1) is 18.3 Å². The van der Waals surface area contributed by atoms with Crippen molar-refractivity contribution in [2.45, 2.75) is 19.4 Å². The zero-order valence-electron chi connectivity index (χ0n) is 19.4. The van der Waals surface area contributed by atoms with Crippen molar-refractivity contribution in [2.24, 2.45) is 5.73 Å². The van der Waals surface area contributed by atoms with E-state index in [1.807, 2.05) is 55.5 Å². The van der Waals surface area contributed by atoms with Gasteiger partial charge in [-0.3, -0.25) is 0 Å². The number of fused-ring (bicyclic) bond motifs is 1. The van der Waals surface area contributed by atoms with E-state index in [1.165, 1.54) is 17.9 Å². The highest BCUT2D eigenvalue weighted by Gasteiger charge is 2.31. The third kappa shape index (κ3) is 4.65. The van der Waals surface area contributed by atoms with E-state index in [0.717, 1.165) is 16.7 Å². The Kier molecular flexibility index (Phi) is 6.16. The second-order valence-electron chi connectivity index (χ2n) is 8.33. The van der Waals surface area contributed by atoms with Gasteiger partial charge in [-0.25, -0.2) is 4.79 Å². The van der Waals surface area contributed by atoms with Crippen molar-refractivity contribution in [1.29, 1.82) is 5.26 Å². The minimum atomic E-state index is -0.630. The molecule has 4 aromatic rings. The summed E-state index contributed by atoms with van der Waals surface area (Å²) in [6.45, 7) is 2.50. The van der Waals surface area contributed by atoms with Crippen LogP contribution in [0.4, 0.5) is 0 Å². The molecule has 0 fully saturated rings. The number of carbonyl (C=O) groups excluding carboxylic acids is 1. The van der Waals surface area contributed by atoms with Crippen molar-refractivity contribution in [2.75, 3.05) is 0 Å². The zero-order valence-corrected chi connectivity index (χ0v) is 19.4. The molecule has 0 amide bonds. The van der Waals surface area contributed by atoms with Crippen LogP contribution in [0.15, 0.2) is 101 Å². The van der Waals surface area contributed by atoms with E-state index in [0.29, 0.717) is 23.7 Å². The van der Waals surface area contributed by atoms with E-state index in [-0.39, 0.29) is 17.4 Å². The van der Waals surface area contributed by atoms with Gasteiger partial charge >= 0.3 is 5.97 Å². The number of ether oxygens (including phenoxy) is 3. The average Bonchev–Trinajstić information content (AvgIpc) is 3.43. The molecule has 0 radical (unpaired) electrons. The molecule has 0 saturated heterocycles. The van der Waals surface area contributed by atoms with Crippen molar-refractivity contribution in [3.63, 3.8) is 0 Å². The van der Waals surface area contributed by atoms with Crippen LogP contribution in [0.25, 0.3) is 0 Å². The molecule has 1 aromatic heterocycles. The molecule has 2 N–H and O–H groups in total. The smallest absolute Gasteiger partial charge is 0.379 e. The Balaban J connectivity index is 1.38. The van der Waals surface area contributed by atoms with Crippen molar-refractivity contribution in [3.8, 4) is 23.3 Å². The summed E-state index contributed by atoms with van der Waals surface area (Å²) in [7, 11) is 0. The summed E-state index contributed by atoms with van der Waals surface area (Å²) in [5.41, 5.74) is 10.3. The topological polar surface area (TPSA) is 108 Å². The van der Waals surface area contributed by atoms with Crippen LogP contribution >= 0.6 is 0 Å². The maximum Gasteiger partial charge on any atom is 0.379 e. The predicted molar refractivity (Wildman–Crippen MR) is 131 cm³/mol. The van der Waals surface area contributed by atoms with Gasteiger partial charge in [-0.2, -0.15) is 5.26 Å². The fraction of sp³-hybridized carbons (Fsp3) is 0.103. The Labute approximate surface area is 207 Å². The molecule has 2 heterocycles. The van der Waals surface area contributed by atoms with Crippen molar-refractivity contribution >= 4 is 5.97 Å². The molecular weight excluding hydrogens is 456 g/mol. The van der Waals surface area contributed by atoms with Gasteiger partial charge in [0.05, 0.1) is 12.2 Å². The molecule has 0 aliphatic carbocycles. The lowest BCUT2D eigenvalue weighted by atomic mass is 9.83. The van der Waals surface area contributed by atoms with Crippen molar-refractivity contribution < 1.29 is 23.4 Å². The summed E-state index contributed by atoms with van der Waals surface area (Å²) >= 11 is 0. The lowest BCUT2D eigenvalue weighted by Crippen LogP contribution is -2.21. The minimum absolute atomic E-state index is 0.00390. The first-order chi connectivity index (χ1) is 17.5. The number of nitrogens with zero attached hydrogens (tertiary/aromatic N) is 1. The van der Waals surface area contributed by atoms with E-state index in [4.69, 9.17) is 24.4 Å². The molecule has 1 aliphatic heterocycles. The molecule has 7 heteroatoms. The maximum atomic E-state index is 12.2. The predicted octanol–water partition coefficient (Wildman–Crippen LogP) is 5.60. The number of rotatable bonds is 6. The molecule has 36 heavy (non-hydrogen) atoms. The summed E-state index contributed by atoms with van der Waals surface area (Å²) in [4.78, 5) is 12.2. The van der Waals surface area contributed by atoms with Gasteiger partial charge in [-0.1, -0.05) is 48.0 Å². The van der Waals surface area contributed by atoms with E-state index in [9.17, 15) is 10.1 Å². The molecule has 0 saturated carbocycles. The van der Waals surface area contributed by atoms with Crippen LogP contribution in [-0.2, 0) is 6.61 Å². The van der Waals surface area contributed by atoms with Crippen LogP contribution in [0.3, 0.4) is 0 Å². The highest BCUT2D eigenvalue weighted by molar-refractivity contribution is 5.88. The Bertz CT molecular complexity index is 1460. The zero-order chi connectivity index (χ0) is 25.1. The number of aryl methyl sites for hydroxylation is 1. The third-order valence-electron chi connectivity index (χ3n) is 5.86. The van der Waals surface area contributed by atoms with Gasteiger partial charge in [0.1, 0.15) is 35.5 Å². The van der Waals surface area contributed by atoms with Gasteiger partial charge in [0, 0.05) is 11.6 Å². The van der Waals surface area contributed by atoms with Gasteiger partial charge in [0.15, 0.2) is 0 Å². The van der Waals surface area contributed by atoms with Crippen LogP contribution < -0.4 is 19.9 Å². The summed E-state index contributed by atoms with van der Waals surface area (Å²) in [5.74, 6) is 0.395. The van der Waals surface area contributed by atoms with Gasteiger partial charge in [-0.05, 0) is 48.4 Å². The molecule has 5 rings (SSSR count). The number of allylic oxidation sites excluding steroid dienone is 1. The van der Waals surface area contributed by atoms with Gasteiger partial charge < -0.3 is 24.4 Å². The van der Waals surface area contributed by atoms with E-state index >= 15 is 0 Å². The van der Waals surface area contributed by atoms with Crippen LogP contribution in [0.2, 0.25) is 0 Å². The fourth-order valence-electron chi connectivity index (χ4n) is 4.00. The Hall–Kier alpha value is -4.96. The molecule has 3 aromatic carbocycles. The molecular formula is C29H22N2O5. The first-order valence-electron chi connectivity index (χ1n) is 11.3. The maximum absolute atomic E-state index is 12.2. The fourth-order valence-corrected chi connectivity index (χ4v) is 4.00. The number of nitriles is 1. The quantitative estimate of drug-likeness (QED) is 0.284. The lowest BCUT2D eigenvalue weighted by molar-refractivity contribution is 0.0701. The SMILES string of the molecule is Cc1ccc(COc2ccc(C3C(C#N)=C(N)Oc4cc(OC(=O)c5ccco5)ccc43)cc2)cc1. The summed E-state index contributed by atoms with van der Waals surface area (Å²) in [5, 5.41) is 9.81. The normalized spacial score (nSPS) is 14.4. The third-order valence-corrected chi connectivity index (χ3v) is 5.86. The van der Waals surface area contributed by atoms with E-state index in [2.05, 4.69) is 6.07 Å². The standard InChI is InChI=1S/C29H22N2O5/c1-18-4-6-19(7-5-18)17-34-21-10-8-20(9-11-21)27-23-13-12-22(35-29(32)25-3-2-14-33-25)15-26(23)36-28(31)24(27)16-30/h2-15,27H,17,31H2,1H3.